The Morgan fingerprint density at radius 2 is 2.00 bits per heavy atom. The summed E-state index contributed by atoms with van der Waals surface area (Å²) < 4.78 is 0. The van der Waals surface area contributed by atoms with Crippen LogP contribution in [0.25, 0.3) is 0 Å². The molecule has 4 heteroatoms. The molecule has 1 rings (SSSR count). The van der Waals surface area contributed by atoms with E-state index in [0.29, 0.717) is 6.54 Å². The molecule has 0 radical (unpaired) electrons. The highest BCUT2D eigenvalue weighted by molar-refractivity contribution is 5.78. The molecule has 4 nitrogen and oxygen atoms in total. The van der Waals surface area contributed by atoms with Gasteiger partial charge in [-0.25, -0.2) is 0 Å². The molecule has 1 fully saturated rings. The van der Waals surface area contributed by atoms with Gasteiger partial charge in [0.1, 0.15) is 0 Å². The first-order valence-electron chi connectivity index (χ1n) is 5.63. The molecule has 1 aliphatic heterocycles. The van der Waals surface area contributed by atoms with Crippen molar-refractivity contribution in [3.63, 3.8) is 0 Å². The van der Waals surface area contributed by atoms with Crippen molar-refractivity contribution in [2.24, 2.45) is 11.7 Å². The second-order valence-corrected chi connectivity index (χ2v) is 5.28. The summed E-state index contributed by atoms with van der Waals surface area (Å²) >= 11 is 0. The minimum atomic E-state index is -0.318. The summed E-state index contributed by atoms with van der Waals surface area (Å²) in [5, 5.41) is 2.92. The van der Waals surface area contributed by atoms with E-state index < -0.39 is 0 Å². The highest BCUT2D eigenvalue weighted by Crippen LogP contribution is 2.15. The summed E-state index contributed by atoms with van der Waals surface area (Å²) in [6.45, 7) is 6.43. The minimum absolute atomic E-state index is 0.168. The summed E-state index contributed by atoms with van der Waals surface area (Å²) in [7, 11) is 2.09. The van der Waals surface area contributed by atoms with Crippen LogP contribution in [0.5, 0.6) is 0 Å². The maximum atomic E-state index is 11.8. The minimum Gasteiger partial charge on any atom is -0.354 e. The van der Waals surface area contributed by atoms with Gasteiger partial charge in [-0.1, -0.05) is 0 Å². The van der Waals surface area contributed by atoms with E-state index in [1.807, 2.05) is 13.8 Å². The molecule has 0 unspecified atom stereocenters. The van der Waals surface area contributed by atoms with Gasteiger partial charge in [0.05, 0.1) is 0 Å². The Balaban J connectivity index is 2.29. The monoisotopic (exact) mass is 213 g/mol. The Morgan fingerprint density at radius 3 is 2.47 bits per heavy atom. The SMILES string of the molecule is CN1CCC(C(=O)NCC(C)(C)N)CC1. The quantitative estimate of drug-likeness (QED) is 0.703. The van der Waals surface area contributed by atoms with Crippen molar-refractivity contribution in [2.45, 2.75) is 32.2 Å². The molecular weight excluding hydrogens is 190 g/mol. The number of hydrogen-bond acceptors (Lipinski definition) is 3. The molecular formula is C11H23N3O. The molecule has 0 atom stereocenters. The average molecular weight is 213 g/mol. The van der Waals surface area contributed by atoms with Gasteiger partial charge in [-0.15, -0.1) is 0 Å². The number of hydrogen-bond donors (Lipinski definition) is 2. The lowest BCUT2D eigenvalue weighted by atomic mass is 9.96. The maximum absolute atomic E-state index is 11.8. The molecule has 0 aromatic rings. The number of carbonyl (C=O) groups is 1. The van der Waals surface area contributed by atoms with E-state index in [1.165, 1.54) is 0 Å². The fourth-order valence-corrected chi connectivity index (χ4v) is 1.73. The molecule has 0 aromatic heterocycles. The van der Waals surface area contributed by atoms with E-state index in [4.69, 9.17) is 5.73 Å². The fourth-order valence-electron chi connectivity index (χ4n) is 1.73. The number of nitrogens with one attached hydrogen (secondary N) is 1. The second-order valence-electron chi connectivity index (χ2n) is 5.28. The van der Waals surface area contributed by atoms with Crippen molar-refractivity contribution in [1.29, 1.82) is 0 Å². The van der Waals surface area contributed by atoms with E-state index in [1.54, 1.807) is 0 Å². The van der Waals surface area contributed by atoms with Crippen LogP contribution in [0.4, 0.5) is 0 Å². The zero-order valence-corrected chi connectivity index (χ0v) is 10.0. The molecule has 1 heterocycles. The van der Waals surface area contributed by atoms with Gasteiger partial charge in [-0.2, -0.15) is 0 Å². The van der Waals surface area contributed by atoms with Crippen molar-refractivity contribution < 1.29 is 4.79 Å². The molecule has 88 valence electrons. The largest absolute Gasteiger partial charge is 0.354 e. The molecule has 15 heavy (non-hydrogen) atoms. The summed E-state index contributed by atoms with van der Waals surface area (Å²) in [4.78, 5) is 14.0. The third kappa shape index (κ3) is 4.62. The van der Waals surface area contributed by atoms with Gasteiger partial charge >= 0.3 is 0 Å². The average Bonchev–Trinajstić information content (AvgIpc) is 2.14. The van der Waals surface area contributed by atoms with Crippen molar-refractivity contribution in [3.8, 4) is 0 Å². The van der Waals surface area contributed by atoms with E-state index in [-0.39, 0.29) is 17.4 Å². The van der Waals surface area contributed by atoms with Crippen LogP contribution in [0.2, 0.25) is 0 Å². The standard InChI is InChI=1S/C11H23N3O/c1-11(2,12)8-13-10(15)9-4-6-14(3)7-5-9/h9H,4-8,12H2,1-3H3,(H,13,15). The normalized spacial score (nSPS) is 20.3. The van der Waals surface area contributed by atoms with E-state index in [9.17, 15) is 4.79 Å². The number of rotatable bonds is 3. The number of piperidine rings is 1. The summed E-state index contributed by atoms with van der Waals surface area (Å²) in [5.74, 6) is 0.352. The fraction of sp³-hybridized carbons (Fsp3) is 0.909. The first kappa shape index (κ1) is 12.5. The van der Waals surface area contributed by atoms with Crippen LogP contribution in [0, 0.1) is 5.92 Å². The molecule has 0 saturated carbocycles. The van der Waals surface area contributed by atoms with Gasteiger partial charge in [0, 0.05) is 18.0 Å². The Kier molecular flexibility index (Phi) is 4.11. The molecule has 0 aliphatic carbocycles. The zero-order chi connectivity index (χ0) is 11.5. The highest BCUT2D eigenvalue weighted by atomic mass is 16.1. The molecule has 0 bridgehead atoms. The van der Waals surface area contributed by atoms with Crippen LogP contribution in [-0.4, -0.2) is 43.0 Å². The first-order valence-corrected chi connectivity index (χ1v) is 5.63. The Labute approximate surface area is 92.2 Å². The van der Waals surface area contributed by atoms with E-state index >= 15 is 0 Å². The van der Waals surface area contributed by atoms with Gasteiger partial charge in [0.15, 0.2) is 0 Å². The summed E-state index contributed by atoms with van der Waals surface area (Å²) in [6, 6.07) is 0. The van der Waals surface area contributed by atoms with E-state index in [2.05, 4.69) is 17.3 Å². The molecule has 1 saturated heterocycles. The maximum Gasteiger partial charge on any atom is 0.223 e. The summed E-state index contributed by atoms with van der Waals surface area (Å²) in [5.41, 5.74) is 5.49. The number of nitrogens with zero attached hydrogens (tertiary/aromatic N) is 1. The van der Waals surface area contributed by atoms with Crippen LogP contribution in [0.3, 0.4) is 0 Å². The van der Waals surface area contributed by atoms with Crippen molar-refractivity contribution >= 4 is 5.91 Å². The molecule has 0 spiro atoms. The number of amides is 1. The van der Waals surface area contributed by atoms with Gasteiger partial charge in [0.25, 0.3) is 0 Å². The third-order valence-corrected chi connectivity index (χ3v) is 2.81. The van der Waals surface area contributed by atoms with Crippen LogP contribution in [0.15, 0.2) is 0 Å². The van der Waals surface area contributed by atoms with Gasteiger partial charge < -0.3 is 16.0 Å². The van der Waals surface area contributed by atoms with Crippen LogP contribution in [0.1, 0.15) is 26.7 Å². The van der Waals surface area contributed by atoms with Gasteiger partial charge in [-0.3, -0.25) is 4.79 Å². The second kappa shape index (κ2) is 4.94. The lowest BCUT2D eigenvalue weighted by molar-refractivity contribution is -0.126. The molecule has 1 amide bonds. The summed E-state index contributed by atoms with van der Waals surface area (Å²) in [6.07, 6.45) is 1.93. The Morgan fingerprint density at radius 1 is 1.47 bits per heavy atom. The smallest absolute Gasteiger partial charge is 0.223 e. The van der Waals surface area contributed by atoms with Crippen molar-refractivity contribution in [3.05, 3.63) is 0 Å². The van der Waals surface area contributed by atoms with E-state index in [0.717, 1.165) is 25.9 Å². The van der Waals surface area contributed by atoms with Crippen molar-refractivity contribution in [2.75, 3.05) is 26.7 Å². The topological polar surface area (TPSA) is 58.4 Å². The third-order valence-electron chi connectivity index (χ3n) is 2.81. The zero-order valence-electron chi connectivity index (χ0n) is 10.0. The predicted molar refractivity (Wildman–Crippen MR) is 61.5 cm³/mol. The van der Waals surface area contributed by atoms with Gasteiger partial charge in [0.2, 0.25) is 5.91 Å². The van der Waals surface area contributed by atoms with Crippen LogP contribution >= 0.6 is 0 Å². The highest BCUT2D eigenvalue weighted by Gasteiger charge is 2.24. The number of carbonyl (C=O) groups excluding carboxylic acids is 1. The number of nitrogens with two attached hydrogens (primary N) is 1. The van der Waals surface area contributed by atoms with Gasteiger partial charge in [-0.05, 0) is 46.8 Å². The molecule has 0 aromatic carbocycles. The predicted octanol–water partition coefficient (Wildman–Crippen LogP) is 0.182. The molecule has 1 aliphatic rings. The first-order chi connectivity index (χ1) is 6.88. The Hall–Kier alpha value is -0.610. The number of likely N-dealkylation sites (tertiary alicyclic amines) is 1. The van der Waals surface area contributed by atoms with Crippen molar-refractivity contribution in [1.82, 2.24) is 10.2 Å². The van der Waals surface area contributed by atoms with Crippen LogP contribution < -0.4 is 11.1 Å². The molecule has 3 N–H and O–H groups in total. The van der Waals surface area contributed by atoms with Crippen LogP contribution in [-0.2, 0) is 4.79 Å². The Bertz CT molecular complexity index is 214. The lowest BCUT2D eigenvalue weighted by Gasteiger charge is -2.29. The lowest BCUT2D eigenvalue weighted by Crippen LogP contribution is -2.47.